The number of nitrogens with zero attached hydrogens (tertiary/aromatic N) is 8. The van der Waals surface area contributed by atoms with Gasteiger partial charge in [0.2, 0.25) is 5.95 Å². The molecule has 0 aromatic carbocycles. The molecule has 3 aromatic rings. The lowest BCUT2D eigenvalue weighted by atomic mass is 10.2. The smallest absolute Gasteiger partial charge is 0.226 e. The molecule has 0 aliphatic carbocycles. The van der Waals surface area contributed by atoms with Crippen molar-refractivity contribution in [1.82, 2.24) is 24.9 Å². The largest absolute Gasteiger partial charge is 0.353 e. The number of pyridine rings is 1. The van der Waals surface area contributed by atoms with Gasteiger partial charge in [0.15, 0.2) is 0 Å². The number of aromatic nitrogens is 5. The standard InChI is InChI=1S/C18H22N8/c1-13-10-16(23-18(22-13)24(2)3)25-6-8-26(9-7-25)17-14-4-5-19-11-15(14)20-12-21-17/h4-5,10-12H,6-9H2,1-3H3. The van der Waals surface area contributed by atoms with Crippen LogP contribution in [0.5, 0.6) is 0 Å². The Morgan fingerprint density at radius 2 is 1.77 bits per heavy atom. The van der Waals surface area contributed by atoms with Crippen LogP contribution in [0.15, 0.2) is 30.9 Å². The zero-order chi connectivity index (χ0) is 18.1. The molecule has 0 unspecified atom stereocenters. The lowest BCUT2D eigenvalue weighted by Gasteiger charge is -2.36. The summed E-state index contributed by atoms with van der Waals surface area (Å²) in [5.41, 5.74) is 1.86. The molecule has 4 heterocycles. The maximum absolute atomic E-state index is 4.69. The fourth-order valence-corrected chi connectivity index (χ4v) is 3.19. The molecule has 8 heteroatoms. The van der Waals surface area contributed by atoms with Gasteiger partial charge in [0.05, 0.1) is 11.7 Å². The Hall–Kier alpha value is -3.03. The second kappa shape index (κ2) is 6.70. The van der Waals surface area contributed by atoms with Gasteiger partial charge in [-0.2, -0.15) is 4.98 Å². The lowest BCUT2D eigenvalue weighted by molar-refractivity contribution is 0.641. The van der Waals surface area contributed by atoms with E-state index in [1.54, 1.807) is 18.7 Å². The van der Waals surface area contributed by atoms with E-state index >= 15 is 0 Å². The van der Waals surface area contributed by atoms with Crippen LogP contribution in [-0.2, 0) is 0 Å². The summed E-state index contributed by atoms with van der Waals surface area (Å²) < 4.78 is 0. The highest BCUT2D eigenvalue weighted by Crippen LogP contribution is 2.24. The molecular weight excluding hydrogens is 328 g/mol. The summed E-state index contributed by atoms with van der Waals surface area (Å²) in [5.74, 6) is 2.71. The lowest BCUT2D eigenvalue weighted by Crippen LogP contribution is -2.47. The highest BCUT2D eigenvalue weighted by Gasteiger charge is 2.21. The fraction of sp³-hybridized carbons (Fsp3) is 0.389. The van der Waals surface area contributed by atoms with Gasteiger partial charge in [-0.1, -0.05) is 0 Å². The summed E-state index contributed by atoms with van der Waals surface area (Å²) >= 11 is 0. The third-order valence-electron chi connectivity index (χ3n) is 4.55. The molecule has 0 atom stereocenters. The molecule has 1 aliphatic heterocycles. The molecule has 1 saturated heterocycles. The van der Waals surface area contributed by atoms with Gasteiger partial charge in [-0.25, -0.2) is 15.0 Å². The van der Waals surface area contributed by atoms with E-state index in [0.29, 0.717) is 0 Å². The minimum absolute atomic E-state index is 0.747. The van der Waals surface area contributed by atoms with Crippen molar-refractivity contribution in [3.05, 3.63) is 36.5 Å². The quantitative estimate of drug-likeness (QED) is 0.704. The van der Waals surface area contributed by atoms with Gasteiger partial charge in [0.1, 0.15) is 18.0 Å². The number of rotatable bonds is 3. The van der Waals surface area contributed by atoms with Crippen molar-refractivity contribution in [2.45, 2.75) is 6.92 Å². The number of anilines is 3. The first-order valence-corrected chi connectivity index (χ1v) is 8.69. The second-order valence-electron chi connectivity index (χ2n) is 6.63. The van der Waals surface area contributed by atoms with E-state index in [9.17, 15) is 0 Å². The maximum atomic E-state index is 4.69. The molecule has 26 heavy (non-hydrogen) atoms. The van der Waals surface area contributed by atoms with E-state index in [0.717, 1.165) is 60.4 Å². The van der Waals surface area contributed by atoms with Gasteiger partial charge >= 0.3 is 0 Å². The van der Waals surface area contributed by atoms with Crippen LogP contribution in [0.3, 0.4) is 0 Å². The molecule has 0 radical (unpaired) electrons. The van der Waals surface area contributed by atoms with Crippen molar-refractivity contribution in [2.24, 2.45) is 0 Å². The van der Waals surface area contributed by atoms with Crippen molar-refractivity contribution in [3.63, 3.8) is 0 Å². The monoisotopic (exact) mass is 350 g/mol. The second-order valence-corrected chi connectivity index (χ2v) is 6.63. The molecule has 4 rings (SSSR count). The summed E-state index contributed by atoms with van der Waals surface area (Å²) in [6.45, 7) is 5.55. The van der Waals surface area contributed by atoms with Crippen LogP contribution in [0.1, 0.15) is 5.69 Å². The van der Waals surface area contributed by atoms with E-state index in [-0.39, 0.29) is 0 Å². The van der Waals surface area contributed by atoms with Crippen molar-refractivity contribution in [2.75, 3.05) is 55.0 Å². The Labute approximate surface area is 152 Å². The van der Waals surface area contributed by atoms with Gasteiger partial charge in [-0.05, 0) is 13.0 Å². The average Bonchev–Trinajstić information content (AvgIpc) is 2.67. The van der Waals surface area contributed by atoms with Gasteiger partial charge in [-0.3, -0.25) is 4.98 Å². The summed E-state index contributed by atoms with van der Waals surface area (Å²) in [6, 6.07) is 4.03. The molecule has 3 aromatic heterocycles. The van der Waals surface area contributed by atoms with E-state index in [1.165, 1.54) is 0 Å². The van der Waals surface area contributed by atoms with Crippen LogP contribution in [0.2, 0.25) is 0 Å². The Morgan fingerprint density at radius 1 is 1.00 bits per heavy atom. The third kappa shape index (κ3) is 3.10. The Bertz CT molecular complexity index is 913. The molecule has 1 fully saturated rings. The van der Waals surface area contributed by atoms with Crippen LogP contribution < -0.4 is 14.7 Å². The van der Waals surface area contributed by atoms with E-state index in [4.69, 9.17) is 4.98 Å². The third-order valence-corrected chi connectivity index (χ3v) is 4.55. The molecule has 0 saturated carbocycles. The molecular formula is C18H22N8. The van der Waals surface area contributed by atoms with Crippen LogP contribution in [0, 0.1) is 6.92 Å². The van der Waals surface area contributed by atoms with E-state index in [1.807, 2.05) is 32.0 Å². The average molecular weight is 350 g/mol. The normalized spacial score (nSPS) is 14.7. The minimum Gasteiger partial charge on any atom is -0.353 e. The summed E-state index contributed by atoms with van der Waals surface area (Å²) in [6.07, 6.45) is 5.18. The molecule has 0 amide bonds. The molecule has 1 aliphatic rings. The maximum Gasteiger partial charge on any atom is 0.226 e. The van der Waals surface area contributed by atoms with Crippen molar-refractivity contribution in [3.8, 4) is 0 Å². The SMILES string of the molecule is Cc1cc(N2CCN(c3ncnc4cnccc34)CC2)nc(N(C)C)n1. The number of fused-ring (bicyclic) bond motifs is 1. The Balaban J connectivity index is 1.54. The fourth-order valence-electron chi connectivity index (χ4n) is 3.19. The predicted octanol–water partition coefficient (Wildman–Crippen LogP) is 1.52. The van der Waals surface area contributed by atoms with Crippen LogP contribution in [-0.4, -0.2) is 65.2 Å². The highest BCUT2D eigenvalue weighted by molar-refractivity contribution is 5.88. The molecule has 134 valence electrons. The van der Waals surface area contributed by atoms with Gasteiger partial charge in [-0.15, -0.1) is 0 Å². The Kier molecular flexibility index (Phi) is 4.24. The first kappa shape index (κ1) is 16.4. The number of piperazine rings is 1. The number of aryl methyl sites for hydroxylation is 1. The first-order chi connectivity index (χ1) is 12.6. The zero-order valence-corrected chi connectivity index (χ0v) is 15.3. The summed E-state index contributed by atoms with van der Waals surface area (Å²) in [5, 5.41) is 1.05. The first-order valence-electron chi connectivity index (χ1n) is 8.69. The van der Waals surface area contributed by atoms with Crippen molar-refractivity contribution in [1.29, 1.82) is 0 Å². The summed E-state index contributed by atoms with van der Waals surface area (Å²) in [4.78, 5) is 28.7. The highest BCUT2D eigenvalue weighted by atomic mass is 15.3. The van der Waals surface area contributed by atoms with Gasteiger partial charge in [0.25, 0.3) is 0 Å². The van der Waals surface area contributed by atoms with Crippen molar-refractivity contribution < 1.29 is 0 Å². The van der Waals surface area contributed by atoms with E-state index < -0.39 is 0 Å². The molecule has 0 spiro atoms. The molecule has 0 bridgehead atoms. The number of hydrogen-bond donors (Lipinski definition) is 0. The van der Waals surface area contributed by atoms with Gasteiger partial charge < -0.3 is 14.7 Å². The molecule has 8 nitrogen and oxygen atoms in total. The Morgan fingerprint density at radius 3 is 2.54 bits per heavy atom. The minimum atomic E-state index is 0.747. The predicted molar refractivity (Wildman–Crippen MR) is 103 cm³/mol. The summed E-state index contributed by atoms with van der Waals surface area (Å²) in [7, 11) is 3.93. The number of hydrogen-bond acceptors (Lipinski definition) is 8. The van der Waals surface area contributed by atoms with Gasteiger partial charge in [0, 0.05) is 63.6 Å². The van der Waals surface area contributed by atoms with Crippen LogP contribution >= 0.6 is 0 Å². The van der Waals surface area contributed by atoms with E-state index in [2.05, 4.69) is 35.8 Å². The van der Waals surface area contributed by atoms with Crippen LogP contribution in [0.25, 0.3) is 10.9 Å². The topological polar surface area (TPSA) is 74.2 Å². The van der Waals surface area contributed by atoms with Crippen molar-refractivity contribution >= 4 is 28.5 Å². The van der Waals surface area contributed by atoms with Crippen LogP contribution in [0.4, 0.5) is 17.6 Å². The molecule has 0 N–H and O–H groups in total. The zero-order valence-electron chi connectivity index (χ0n) is 15.3.